The molecular weight excluding hydrogens is 331 g/mol. The van der Waals surface area contributed by atoms with Crippen LogP contribution >= 0.6 is 11.6 Å². The minimum absolute atomic E-state index is 0.115. The van der Waals surface area contributed by atoms with Crippen LogP contribution in [0.5, 0.6) is 5.75 Å². The predicted octanol–water partition coefficient (Wildman–Crippen LogP) is 2.91. The molecule has 0 aliphatic carbocycles. The van der Waals surface area contributed by atoms with E-state index in [0.717, 1.165) is 57.4 Å². The van der Waals surface area contributed by atoms with E-state index < -0.39 is 5.82 Å². The maximum Gasteiger partial charge on any atom is 0.173 e. The summed E-state index contributed by atoms with van der Waals surface area (Å²) in [5.41, 5.74) is 0.887. The number of likely N-dealkylation sites (tertiary alicyclic amines) is 2. The van der Waals surface area contributed by atoms with E-state index in [1.165, 1.54) is 13.2 Å². The molecule has 1 N–H and O–H groups in total. The maximum atomic E-state index is 13.9. The van der Waals surface area contributed by atoms with Gasteiger partial charge in [0.25, 0.3) is 0 Å². The molecule has 1 aromatic rings. The van der Waals surface area contributed by atoms with Crippen LogP contribution in [-0.4, -0.2) is 60.3 Å². The molecule has 0 amide bonds. The van der Waals surface area contributed by atoms with Crippen molar-refractivity contribution in [2.24, 2.45) is 0 Å². The molecule has 24 heavy (non-hydrogen) atoms. The van der Waals surface area contributed by atoms with E-state index in [0.29, 0.717) is 17.6 Å². The van der Waals surface area contributed by atoms with Crippen molar-refractivity contribution in [1.82, 2.24) is 9.80 Å². The first-order valence-corrected chi connectivity index (χ1v) is 9.11. The van der Waals surface area contributed by atoms with Gasteiger partial charge in [-0.15, -0.1) is 0 Å². The predicted molar refractivity (Wildman–Crippen MR) is 93.1 cm³/mol. The minimum atomic E-state index is -0.401. The van der Waals surface area contributed by atoms with E-state index in [4.69, 9.17) is 16.3 Å². The third kappa shape index (κ3) is 4.20. The molecule has 0 saturated carbocycles. The number of benzene rings is 1. The van der Waals surface area contributed by atoms with E-state index in [9.17, 15) is 9.50 Å². The molecule has 2 saturated heterocycles. The molecule has 3 rings (SSSR count). The highest BCUT2D eigenvalue weighted by Crippen LogP contribution is 2.30. The molecule has 0 unspecified atom stereocenters. The Kier molecular flexibility index (Phi) is 5.98. The average molecular weight is 357 g/mol. The Labute approximate surface area is 148 Å². The number of hydrogen-bond donors (Lipinski definition) is 1. The largest absolute Gasteiger partial charge is 0.492 e. The monoisotopic (exact) mass is 356 g/mol. The second kappa shape index (κ2) is 8.00. The van der Waals surface area contributed by atoms with Crippen LogP contribution < -0.4 is 4.74 Å². The Morgan fingerprint density at radius 1 is 1.17 bits per heavy atom. The van der Waals surface area contributed by atoms with Crippen molar-refractivity contribution in [3.05, 3.63) is 28.5 Å². The van der Waals surface area contributed by atoms with Gasteiger partial charge in [-0.25, -0.2) is 4.39 Å². The zero-order valence-corrected chi connectivity index (χ0v) is 14.9. The van der Waals surface area contributed by atoms with Crippen LogP contribution in [0.4, 0.5) is 4.39 Å². The van der Waals surface area contributed by atoms with Crippen LogP contribution in [0.25, 0.3) is 0 Å². The van der Waals surface area contributed by atoms with Crippen molar-refractivity contribution in [1.29, 1.82) is 0 Å². The summed E-state index contributed by atoms with van der Waals surface area (Å²) in [6, 6.07) is 3.93. The number of nitrogens with zero attached hydrogens (tertiary/aromatic N) is 2. The SMILES string of the molecule is COc1c(F)cc(CN2CCC(N3CCC(O)CC3)CC2)cc1Cl. The lowest BCUT2D eigenvalue weighted by Crippen LogP contribution is -2.48. The second-order valence-electron chi connectivity index (χ2n) is 6.87. The topological polar surface area (TPSA) is 35.9 Å². The molecule has 6 heteroatoms. The zero-order chi connectivity index (χ0) is 17.1. The van der Waals surface area contributed by atoms with E-state index in [-0.39, 0.29) is 11.9 Å². The molecule has 1 aromatic carbocycles. The maximum absolute atomic E-state index is 13.9. The Hall–Kier alpha value is -0.880. The van der Waals surface area contributed by atoms with Crippen LogP contribution in [0.3, 0.4) is 0 Å². The van der Waals surface area contributed by atoms with E-state index in [1.807, 2.05) is 0 Å². The third-order valence-corrected chi connectivity index (χ3v) is 5.52. The number of hydrogen-bond acceptors (Lipinski definition) is 4. The highest BCUT2D eigenvalue weighted by atomic mass is 35.5. The molecule has 0 spiro atoms. The van der Waals surface area contributed by atoms with Gasteiger partial charge in [-0.05, 0) is 56.5 Å². The molecule has 4 nitrogen and oxygen atoms in total. The first kappa shape index (κ1) is 17.9. The lowest BCUT2D eigenvalue weighted by molar-refractivity contribution is 0.0375. The molecule has 134 valence electrons. The Bertz CT molecular complexity index is 533. The summed E-state index contributed by atoms with van der Waals surface area (Å²) in [6.07, 6.45) is 3.93. The lowest BCUT2D eigenvalue weighted by Gasteiger charge is -2.41. The summed E-state index contributed by atoms with van der Waals surface area (Å²) < 4.78 is 18.9. The van der Waals surface area contributed by atoms with Gasteiger partial charge >= 0.3 is 0 Å². The highest BCUT2D eigenvalue weighted by Gasteiger charge is 2.27. The Balaban J connectivity index is 1.52. The number of halogens is 2. The van der Waals surface area contributed by atoms with Gasteiger partial charge in [0.1, 0.15) is 0 Å². The van der Waals surface area contributed by atoms with E-state index in [2.05, 4.69) is 9.80 Å². The molecule has 0 aromatic heterocycles. The zero-order valence-electron chi connectivity index (χ0n) is 14.2. The molecule has 2 heterocycles. The van der Waals surface area contributed by atoms with E-state index in [1.54, 1.807) is 6.07 Å². The van der Waals surface area contributed by atoms with Crippen molar-refractivity contribution in [2.75, 3.05) is 33.3 Å². The van der Waals surface area contributed by atoms with Gasteiger partial charge < -0.3 is 14.7 Å². The summed E-state index contributed by atoms with van der Waals surface area (Å²) in [5.74, 6) is -0.284. The van der Waals surface area contributed by atoms with Gasteiger partial charge in [0.2, 0.25) is 0 Å². The standard InChI is InChI=1S/C18H26ClFN2O2/c1-24-18-16(19)10-13(11-17(18)20)12-21-6-2-14(3-7-21)22-8-4-15(23)5-9-22/h10-11,14-15,23H,2-9,12H2,1H3. The summed E-state index contributed by atoms with van der Waals surface area (Å²) >= 11 is 6.08. The minimum Gasteiger partial charge on any atom is -0.492 e. The number of ether oxygens (including phenoxy) is 1. The normalized spacial score (nSPS) is 22.0. The van der Waals surface area contributed by atoms with E-state index >= 15 is 0 Å². The smallest absolute Gasteiger partial charge is 0.173 e. The van der Waals surface area contributed by atoms with Gasteiger partial charge in [0, 0.05) is 25.7 Å². The fourth-order valence-corrected chi connectivity index (χ4v) is 4.16. The quantitative estimate of drug-likeness (QED) is 0.899. The van der Waals surface area contributed by atoms with Crippen LogP contribution in [0.15, 0.2) is 12.1 Å². The molecule has 0 bridgehead atoms. The van der Waals surface area contributed by atoms with Gasteiger partial charge in [-0.2, -0.15) is 0 Å². The summed E-state index contributed by atoms with van der Waals surface area (Å²) in [7, 11) is 1.42. The summed E-state index contributed by atoms with van der Waals surface area (Å²) in [5, 5.41) is 9.96. The Morgan fingerprint density at radius 2 is 1.83 bits per heavy atom. The number of aliphatic hydroxyl groups is 1. The van der Waals surface area contributed by atoms with Crippen LogP contribution in [0.1, 0.15) is 31.2 Å². The fourth-order valence-electron chi connectivity index (χ4n) is 3.85. The van der Waals surface area contributed by atoms with Crippen molar-refractivity contribution in [3.63, 3.8) is 0 Å². The van der Waals surface area contributed by atoms with Gasteiger partial charge in [0.15, 0.2) is 11.6 Å². The van der Waals surface area contributed by atoms with Crippen molar-refractivity contribution in [2.45, 2.75) is 44.4 Å². The van der Waals surface area contributed by atoms with Gasteiger partial charge in [0.05, 0.1) is 18.2 Å². The van der Waals surface area contributed by atoms with Gasteiger partial charge in [-0.1, -0.05) is 11.6 Å². The fraction of sp³-hybridized carbons (Fsp3) is 0.667. The number of aliphatic hydroxyl groups excluding tert-OH is 1. The molecule has 0 radical (unpaired) electrons. The Morgan fingerprint density at radius 3 is 2.42 bits per heavy atom. The number of rotatable bonds is 4. The average Bonchev–Trinajstić information content (AvgIpc) is 2.56. The number of piperidine rings is 2. The summed E-state index contributed by atoms with van der Waals surface area (Å²) in [6.45, 7) is 4.74. The first-order valence-electron chi connectivity index (χ1n) is 8.73. The molecular formula is C18H26ClFN2O2. The molecule has 2 fully saturated rings. The summed E-state index contributed by atoms with van der Waals surface area (Å²) in [4.78, 5) is 4.88. The van der Waals surface area contributed by atoms with Crippen molar-refractivity contribution >= 4 is 11.6 Å². The molecule has 0 atom stereocenters. The lowest BCUT2D eigenvalue weighted by atomic mass is 9.98. The van der Waals surface area contributed by atoms with Crippen molar-refractivity contribution in [3.8, 4) is 5.75 Å². The third-order valence-electron chi connectivity index (χ3n) is 5.24. The van der Waals surface area contributed by atoms with Crippen LogP contribution in [-0.2, 0) is 6.54 Å². The number of methoxy groups -OCH3 is 1. The highest BCUT2D eigenvalue weighted by molar-refractivity contribution is 6.32. The molecule has 2 aliphatic rings. The first-order chi connectivity index (χ1) is 11.6. The van der Waals surface area contributed by atoms with Crippen LogP contribution in [0, 0.1) is 5.82 Å². The van der Waals surface area contributed by atoms with Gasteiger partial charge in [-0.3, -0.25) is 4.90 Å². The van der Waals surface area contributed by atoms with Crippen LogP contribution in [0.2, 0.25) is 5.02 Å². The second-order valence-corrected chi connectivity index (χ2v) is 7.27. The molecule has 2 aliphatic heterocycles. The van der Waals surface area contributed by atoms with Crippen molar-refractivity contribution < 1.29 is 14.2 Å².